The number of ether oxygens (including phenoxy) is 2. The topological polar surface area (TPSA) is 128 Å². The largest absolute Gasteiger partial charge is 0.497 e. The van der Waals surface area contributed by atoms with Gasteiger partial charge in [-0.3, -0.25) is 19.2 Å². The number of nitrogens with one attached hydrogen (secondary N) is 1. The number of sulfonamides is 1. The number of carbonyl (C=O) groups excluding carboxylic acids is 1. The normalized spacial score (nSPS) is 11.1. The van der Waals surface area contributed by atoms with Gasteiger partial charge in [-0.15, -0.1) is 0 Å². The molecule has 39 heavy (non-hydrogen) atoms. The summed E-state index contributed by atoms with van der Waals surface area (Å²) in [7, 11) is -2.87. The first kappa shape index (κ1) is 27.4. The molecule has 0 radical (unpaired) electrons. The number of benzene rings is 4. The van der Waals surface area contributed by atoms with Crippen LogP contribution in [0.1, 0.15) is 5.56 Å². The van der Waals surface area contributed by atoms with Crippen LogP contribution in [0.5, 0.6) is 11.5 Å². The predicted octanol–water partition coefficient (Wildman–Crippen LogP) is 4.46. The lowest BCUT2D eigenvalue weighted by atomic mass is 10.1. The zero-order chi connectivity index (χ0) is 28.0. The maximum absolute atomic E-state index is 13.6. The van der Waals surface area contributed by atoms with E-state index in [4.69, 9.17) is 9.47 Å². The third kappa shape index (κ3) is 6.44. The Morgan fingerprint density at radius 2 is 1.64 bits per heavy atom. The quantitative estimate of drug-likeness (QED) is 0.166. The van der Waals surface area contributed by atoms with Crippen LogP contribution in [0.2, 0.25) is 0 Å². The number of aryl methyl sites for hydroxylation is 1. The van der Waals surface area contributed by atoms with E-state index in [2.05, 4.69) is 5.32 Å². The summed E-state index contributed by atoms with van der Waals surface area (Å²) >= 11 is 0. The lowest BCUT2D eigenvalue weighted by Crippen LogP contribution is -2.42. The lowest BCUT2D eigenvalue weighted by molar-refractivity contribution is -0.385. The lowest BCUT2D eigenvalue weighted by Gasteiger charge is -2.24. The summed E-state index contributed by atoms with van der Waals surface area (Å²) in [5, 5.41) is 16.2. The van der Waals surface area contributed by atoms with Crippen LogP contribution >= 0.6 is 0 Å². The van der Waals surface area contributed by atoms with Crippen molar-refractivity contribution in [3.63, 3.8) is 0 Å². The third-order valence-corrected chi connectivity index (χ3v) is 7.80. The summed E-state index contributed by atoms with van der Waals surface area (Å²) in [6, 6.07) is 23.3. The molecule has 4 rings (SSSR count). The van der Waals surface area contributed by atoms with Crippen LogP contribution in [0.3, 0.4) is 0 Å². The van der Waals surface area contributed by atoms with Crippen LogP contribution in [-0.4, -0.2) is 46.1 Å². The van der Waals surface area contributed by atoms with E-state index in [-0.39, 0.29) is 29.4 Å². The summed E-state index contributed by atoms with van der Waals surface area (Å²) in [5.41, 5.74) is 0.182. The van der Waals surface area contributed by atoms with Gasteiger partial charge in [-0.25, -0.2) is 8.42 Å². The molecule has 4 aromatic carbocycles. The first-order valence-electron chi connectivity index (χ1n) is 12.0. The molecular formula is C28H27N3O7S. The number of hydrogen-bond donors (Lipinski definition) is 1. The molecule has 0 saturated carbocycles. The maximum atomic E-state index is 13.6. The molecule has 0 unspecified atom stereocenters. The molecule has 202 valence electrons. The average Bonchev–Trinajstić information content (AvgIpc) is 2.94. The SMILES string of the molecule is COc1ccc(N(CC(=O)NCCOc2ccc3ccccc3c2)S(=O)(=O)c2ccc(C)c([N+](=O)[O-])c2)cc1. The van der Waals surface area contributed by atoms with Gasteiger partial charge in [-0.2, -0.15) is 0 Å². The number of rotatable bonds is 11. The molecule has 10 nitrogen and oxygen atoms in total. The second-order valence-corrected chi connectivity index (χ2v) is 10.5. The van der Waals surface area contributed by atoms with Gasteiger partial charge in [-0.1, -0.05) is 36.4 Å². The molecule has 4 aromatic rings. The predicted molar refractivity (Wildman–Crippen MR) is 148 cm³/mol. The molecule has 0 aliphatic rings. The molecule has 0 bridgehead atoms. The molecule has 0 spiro atoms. The van der Waals surface area contributed by atoms with Crippen molar-refractivity contribution >= 4 is 38.1 Å². The van der Waals surface area contributed by atoms with Crippen molar-refractivity contribution in [2.75, 3.05) is 31.1 Å². The molecule has 0 aromatic heterocycles. The molecule has 0 heterocycles. The number of nitro groups is 1. The zero-order valence-corrected chi connectivity index (χ0v) is 22.2. The van der Waals surface area contributed by atoms with E-state index in [9.17, 15) is 23.3 Å². The van der Waals surface area contributed by atoms with Crippen LogP contribution in [-0.2, 0) is 14.8 Å². The highest BCUT2D eigenvalue weighted by atomic mass is 32.2. The fourth-order valence-electron chi connectivity index (χ4n) is 3.94. The number of anilines is 1. The fraction of sp³-hybridized carbons (Fsp3) is 0.179. The van der Waals surface area contributed by atoms with Crippen LogP contribution in [0, 0.1) is 17.0 Å². The second kappa shape index (κ2) is 11.8. The number of nitro benzene ring substituents is 1. The molecular weight excluding hydrogens is 522 g/mol. The molecule has 11 heteroatoms. The molecule has 0 aliphatic carbocycles. The number of fused-ring (bicyclic) bond motifs is 1. The van der Waals surface area contributed by atoms with Gasteiger partial charge in [0.1, 0.15) is 24.7 Å². The van der Waals surface area contributed by atoms with Crippen molar-refractivity contribution < 1.29 is 27.6 Å². The monoisotopic (exact) mass is 549 g/mol. The average molecular weight is 550 g/mol. The molecule has 0 atom stereocenters. The van der Waals surface area contributed by atoms with Gasteiger partial charge in [0, 0.05) is 11.6 Å². The molecule has 1 amide bonds. The van der Waals surface area contributed by atoms with E-state index >= 15 is 0 Å². The summed E-state index contributed by atoms with van der Waals surface area (Å²) in [5.74, 6) is 0.571. The molecule has 0 aliphatic heterocycles. The van der Waals surface area contributed by atoms with E-state index in [1.165, 1.54) is 38.3 Å². The number of carbonyl (C=O) groups is 1. The summed E-state index contributed by atoms with van der Waals surface area (Å²) in [6.45, 7) is 1.28. The van der Waals surface area contributed by atoms with Gasteiger partial charge in [0.15, 0.2) is 0 Å². The van der Waals surface area contributed by atoms with Gasteiger partial charge in [0.05, 0.1) is 29.2 Å². The number of nitrogens with zero attached hydrogens (tertiary/aromatic N) is 2. The first-order valence-corrected chi connectivity index (χ1v) is 13.4. The summed E-state index contributed by atoms with van der Waals surface area (Å²) < 4.78 is 39.0. The Hall–Kier alpha value is -4.64. The Balaban J connectivity index is 1.48. The minimum atomic E-state index is -4.34. The van der Waals surface area contributed by atoms with E-state index in [1.807, 2.05) is 42.5 Å². The van der Waals surface area contributed by atoms with E-state index in [1.54, 1.807) is 12.1 Å². The minimum absolute atomic E-state index is 0.137. The Labute approximate surface area is 226 Å². The molecule has 0 saturated heterocycles. The van der Waals surface area contributed by atoms with Crippen LogP contribution in [0.4, 0.5) is 11.4 Å². The van der Waals surface area contributed by atoms with Crippen molar-refractivity contribution in [2.24, 2.45) is 0 Å². The highest BCUT2D eigenvalue weighted by molar-refractivity contribution is 7.92. The minimum Gasteiger partial charge on any atom is -0.497 e. The second-order valence-electron chi connectivity index (χ2n) is 8.62. The number of amides is 1. The Morgan fingerprint density at radius 3 is 2.33 bits per heavy atom. The standard InChI is InChI=1S/C28H27N3O7S/c1-20-7-14-26(18-27(20)31(33)34)39(35,36)30(23-9-12-24(37-2)13-10-23)19-28(32)29-15-16-38-25-11-8-21-5-3-4-6-22(21)17-25/h3-14,17-18H,15-16,19H2,1-2H3,(H,29,32). The van der Waals surface area contributed by atoms with Gasteiger partial charge in [0.2, 0.25) is 5.91 Å². The summed E-state index contributed by atoms with van der Waals surface area (Å²) in [6.07, 6.45) is 0. The fourth-order valence-corrected chi connectivity index (χ4v) is 5.38. The van der Waals surface area contributed by atoms with Crippen LogP contribution < -0.4 is 19.1 Å². The third-order valence-electron chi connectivity index (χ3n) is 6.03. The number of methoxy groups -OCH3 is 1. The highest BCUT2D eigenvalue weighted by Gasteiger charge is 2.29. The number of hydrogen-bond acceptors (Lipinski definition) is 7. The Bertz CT molecular complexity index is 1610. The zero-order valence-electron chi connectivity index (χ0n) is 21.4. The van der Waals surface area contributed by atoms with Crippen LogP contribution in [0.25, 0.3) is 10.8 Å². The molecule has 0 fully saturated rings. The van der Waals surface area contributed by atoms with Gasteiger partial charge >= 0.3 is 0 Å². The van der Waals surface area contributed by atoms with Crippen molar-refractivity contribution in [3.05, 3.63) is 101 Å². The molecule has 1 N–H and O–H groups in total. The maximum Gasteiger partial charge on any atom is 0.273 e. The van der Waals surface area contributed by atoms with E-state index in [0.717, 1.165) is 21.1 Å². The van der Waals surface area contributed by atoms with E-state index < -0.39 is 27.4 Å². The summed E-state index contributed by atoms with van der Waals surface area (Å²) in [4.78, 5) is 23.3. The van der Waals surface area contributed by atoms with E-state index in [0.29, 0.717) is 17.1 Å². The highest BCUT2D eigenvalue weighted by Crippen LogP contribution is 2.29. The first-order chi connectivity index (χ1) is 18.7. The van der Waals surface area contributed by atoms with Crippen molar-refractivity contribution in [1.29, 1.82) is 0 Å². The van der Waals surface area contributed by atoms with Crippen molar-refractivity contribution in [2.45, 2.75) is 11.8 Å². The Kier molecular flexibility index (Phi) is 8.30. The Morgan fingerprint density at radius 1 is 0.949 bits per heavy atom. The van der Waals surface area contributed by atoms with Crippen LogP contribution in [0.15, 0.2) is 89.8 Å². The van der Waals surface area contributed by atoms with Gasteiger partial charge in [0.25, 0.3) is 15.7 Å². The van der Waals surface area contributed by atoms with Crippen molar-refractivity contribution in [3.8, 4) is 11.5 Å². The smallest absolute Gasteiger partial charge is 0.273 e. The van der Waals surface area contributed by atoms with Gasteiger partial charge < -0.3 is 14.8 Å². The van der Waals surface area contributed by atoms with Crippen molar-refractivity contribution in [1.82, 2.24) is 5.32 Å². The van der Waals surface area contributed by atoms with Gasteiger partial charge in [-0.05, 0) is 60.2 Å².